The molecule has 6 heteroatoms. The highest BCUT2D eigenvalue weighted by Crippen LogP contribution is 2.32. The highest BCUT2D eigenvalue weighted by molar-refractivity contribution is 6.05. The van der Waals surface area contributed by atoms with Crippen molar-refractivity contribution in [1.82, 2.24) is 15.5 Å². The predicted octanol–water partition coefficient (Wildman–Crippen LogP) is 2.36. The van der Waals surface area contributed by atoms with Crippen LogP contribution in [-0.4, -0.2) is 29.3 Å². The number of amides is 1. The molecule has 0 spiro atoms. The number of hydrogen-bond acceptors (Lipinski definition) is 4. The van der Waals surface area contributed by atoms with Gasteiger partial charge in [0.2, 0.25) is 0 Å². The molecule has 1 aliphatic rings. The molecule has 1 fully saturated rings. The third-order valence-corrected chi connectivity index (χ3v) is 4.94. The quantitative estimate of drug-likeness (QED) is 0.760. The lowest BCUT2D eigenvalue weighted by Gasteiger charge is -2.38. The first-order chi connectivity index (χ1) is 12.7. The van der Waals surface area contributed by atoms with E-state index in [4.69, 9.17) is 4.74 Å². The number of nitrogens with one attached hydrogen (secondary N) is 2. The van der Waals surface area contributed by atoms with Gasteiger partial charge in [0, 0.05) is 18.6 Å². The van der Waals surface area contributed by atoms with Gasteiger partial charge in [0.15, 0.2) is 5.69 Å². The fraction of sp³-hybridized carbons (Fsp3) is 0.250. The van der Waals surface area contributed by atoms with Crippen LogP contribution in [0.3, 0.4) is 0 Å². The van der Waals surface area contributed by atoms with Crippen LogP contribution in [0.2, 0.25) is 0 Å². The van der Waals surface area contributed by atoms with Gasteiger partial charge in [0.05, 0.1) is 10.9 Å². The summed E-state index contributed by atoms with van der Waals surface area (Å²) in [4.78, 5) is 25.0. The van der Waals surface area contributed by atoms with E-state index in [1.54, 1.807) is 24.3 Å². The Bertz CT molecular complexity index is 992. The fourth-order valence-corrected chi connectivity index (χ4v) is 3.53. The van der Waals surface area contributed by atoms with Crippen LogP contribution in [0.1, 0.15) is 28.9 Å². The Morgan fingerprint density at radius 3 is 2.38 bits per heavy atom. The standard InChI is InChI=1S/C20H19N3O3/c24-18-16-9-5-4-8-15(16)17(22-23-18)19(25)21-20(10-12-26-13-11-20)14-6-2-1-3-7-14/h1-9H,10-13H2,(H,21,25)(H,23,24). The van der Waals surface area contributed by atoms with Crippen molar-refractivity contribution in [2.45, 2.75) is 18.4 Å². The summed E-state index contributed by atoms with van der Waals surface area (Å²) in [7, 11) is 0. The predicted molar refractivity (Wildman–Crippen MR) is 98.0 cm³/mol. The van der Waals surface area contributed by atoms with Gasteiger partial charge < -0.3 is 10.1 Å². The summed E-state index contributed by atoms with van der Waals surface area (Å²) < 4.78 is 5.51. The van der Waals surface area contributed by atoms with E-state index in [1.807, 2.05) is 30.3 Å². The maximum atomic E-state index is 13.1. The smallest absolute Gasteiger partial charge is 0.273 e. The van der Waals surface area contributed by atoms with Crippen LogP contribution in [0.15, 0.2) is 59.4 Å². The SMILES string of the molecule is O=C(NC1(c2ccccc2)CCOCC1)c1n[nH]c(=O)c2ccccc12. The molecule has 0 atom stereocenters. The van der Waals surface area contributed by atoms with Crippen molar-refractivity contribution in [2.75, 3.05) is 13.2 Å². The lowest BCUT2D eigenvalue weighted by atomic mass is 9.82. The van der Waals surface area contributed by atoms with Gasteiger partial charge in [-0.2, -0.15) is 5.10 Å². The van der Waals surface area contributed by atoms with Crippen molar-refractivity contribution >= 4 is 16.7 Å². The average molecular weight is 349 g/mol. The summed E-state index contributed by atoms with van der Waals surface area (Å²) in [6, 6.07) is 16.9. The Kier molecular flexibility index (Phi) is 4.26. The number of rotatable bonds is 3. The van der Waals surface area contributed by atoms with Gasteiger partial charge >= 0.3 is 0 Å². The van der Waals surface area contributed by atoms with Crippen molar-refractivity contribution in [3.63, 3.8) is 0 Å². The zero-order valence-corrected chi connectivity index (χ0v) is 14.2. The highest BCUT2D eigenvalue weighted by atomic mass is 16.5. The van der Waals surface area contributed by atoms with Crippen LogP contribution >= 0.6 is 0 Å². The Morgan fingerprint density at radius 2 is 1.65 bits per heavy atom. The molecule has 1 aliphatic heterocycles. The Morgan fingerprint density at radius 1 is 1.00 bits per heavy atom. The molecule has 2 aromatic carbocycles. The van der Waals surface area contributed by atoms with E-state index in [2.05, 4.69) is 15.5 Å². The van der Waals surface area contributed by atoms with Gasteiger partial charge in [-0.3, -0.25) is 9.59 Å². The number of fused-ring (bicyclic) bond motifs is 1. The second-order valence-electron chi connectivity index (χ2n) is 6.46. The molecule has 2 heterocycles. The topological polar surface area (TPSA) is 84.1 Å². The van der Waals surface area contributed by atoms with E-state index in [0.29, 0.717) is 36.8 Å². The molecule has 132 valence electrons. The zero-order valence-electron chi connectivity index (χ0n) is 14.2. The molecule has 2 N–H and O–H groups in total. The second-order valence-corrected chi connectivity index (χ2v) is 6.46. The molecular weight excluding hydrogens is 330 g/mol. The molecule has 0 aliphatic carbocycles. The molecule has 0 bridgehead atoms. The van der Waals surface area contributed by atoms with E-state index < -0.39 is 5.54 Å². The van der Waals surface area contributed by atoms with Crippen molar-refractivity contribution in [1.29, 1.82) is 0 Å². The van der Waals surface area contributed by atoms with E-state index in [1.165, 1.54) is 0 Å². The first kappa shape index (κ1) is 16.5. The molecule has 1 aromatic heterocycles. The normalized spacial score (nSPS) is 16.3. The van der Waals surface area contributed by atoms with Crippen molar-refractivity contribution in [2.24, 2.45) is 0 Å². The number of aromatic nitrogens is 2. The number of H-pyrrole nitrogens is 1. The molecule has 3 aromatic rings. The molecule has 1 saturated heterocycles. The number of carbonyl (C=O) groups is 1. The lowest BCUT2D eigenvalue weighted by molar-refractivity contribution is 0.0344. The van der Waals surface area contributed by atoms with E-state index >= 15 is 0 Å². The number of aromatic amines is 1. The van der Waals surface area contributed by atoms with Gasteiger partial charge in [-0.1, -0.05) is 48.5 Å². The summed E-state index contributed by atoms with van der Waals surface area (Å²) >= 11 is 0. The van der Waals surface area contributed by atoms with Crippen LogP contribution < -0.4 is 10.9 Å². The number of benzene rings is 2. The van der Waals surface area contributed by atoms with Crippen molar-refractivity contribution < 1.29 is 9.53 Å². The highest BCUT2D eigenvalue weighted by Gasteiger charge is 2.36. The Hall–Kier alpha value is -2.99. The number of ether oxygens (including phenoxy) is 1. The molecule has 0 saturated carbocycles. The minimum Gasteiger partial charge on any atom is -0.381 e. The maximum Gasteiger partial charge on any atom is 0.273 e. The number of hydrogen-bond donors (Lipinski definition) is 2. The summed E-state index contributed by atoms with van der Waals surface area (Å²) in [5.74, 6) is -0.303. The van der Waals surface area contributed by atoms with Gasteiger partial charge in [0.1, 0.15) is 0 Å². The Labute approximate surface area is 150 Å². The average Bonchev–Trinajstić information content (AvgIpc) is 2.70. The van der Waals surface area contributed by atoms with Crippen molar-refractivity contribution in [3.8, 4) is 0 Å². The van der Waals surface area contributed by atoms with Gasteiger partial charge in [-0.25, -0.2) is 5.10 Å². The largest absolute Gasteiger partial charge is 0.381 e. The molecular formula is C20H19N3O3. The summed E-state index contributed by atoms with van der Waals surface area (Å²) in [6.45, 7) is 1.16. The van der Waals surface area contributed by atoms with Crippen LogP contribution in [0.5, 0.6) is 0 Å². The fourth-order valence-electron chi connectivity index (χ4n) is 3.53. The number of carbonyl (C=O) groups excluding carboxylic acids is 1. The molecule has 1 amide bonds. The third kappa shape index (κ3) is 2.88. The minimum absolute atomic E-state index is 0.224. The zero-order chi connectivity index (χ0) is 18.0. The minimum atomic E-state index is -0.504. The van der Waals surface area contributed by atoms with E-state index in [9.17, 15) is 9.59 Å². The molecule has 4 rings (SSSR count). The third-order valence-electron chi connectivity index (χ3n) is 4.94. The van der Waals surface area contributed by atoms with Crippen LogP contribution in [0.25, 0.3) is 10.8 Å². The summed E-state index contributed by atoms with van der Waals surface area (Å²) in [6.07, 6.45) is 1.37. The van der Waals surface area contributed by atoms with Crippen LogP contribution in [-0.2, 0) is 10.3 Å². The summed E-state index contributed by atoms with van der Waals surface area (Å²) in [5.41, 5.74) is 0.462. The lowest BCUT2D eigenvalue weighted by Crippen LogP contribution is -2.49. The number of nitrogens with zero attached hydrogens (tertiary/aromatic N) is 1. The molecule has 0 unspecified atom stereocenters. The second kappa shape index (κ2) is 6.72. The first-order valence-electron chi connectivity index (χ1n) is 8.63. The van der Waals surface area contributed by atoms with Gasteiger partial charge in [-0.15, -0.1) is 0 Å². The maximum absolute atomic E-state index is 13.1. The summed E-state index contributed by atoms with van der Waals surface area (Å²) in [5, 5.41) is 10.6. The van der Waals surface area contributed by atoms with E-state index in [0.717, 1.165) is 5.56 Å². The van der Waals surface area contributed by atoms with Crippen LogP contribution in [0, 0.1) is 0 Å². The van der Waals surface area contributed by atoms with Crippen molar-refractivity contribution in [3.05, 3.63) is 76.2 Å². The first-order valence-corrected chi connectivity index (χ1v) is 8.63. The van der Waals surface area contributed by atoms with Crippen LogP contribution in [0.4, 0.5) is 0 Å². The monoisotopic (exact) mass is 349 g/mol. The Balaban J connectivity index is 1.74. The van der Waals surface area contributed by atoms with Gasteiger partial charge in [-0.05, 0) is 24.5 Å². The molecule has 6 nitrogen and oxygen atoms in total. The molecule has 0 radical (unpaired) electrons. The molecule has 26 heavy (non-hydrogen) atoms. The van der Waals surface area contributed by atoms with Gasteiger partial charge in [0.25, 0.3) is 11.5 Å². The van der Waals surface area contributed by atoms with E-state index in [-0.39, 0.29) is 17.2 Å².